The van der Waals surface area contributed by atoms with Gasteiger partial charge in [0.1, 0.15) is 0 Å². The summed E-state index contributed by atoms with van der Waals surface area (Å²) in [5.74, 6) is -1.11. The molecule has 37 heavy (non-hydrogen) atoms. The van der Waals surface area contributed by atoms with Crippen molar-refractivity contribution >= 4 is 28.7 Å². The smallest absolute Gasteiger partial charge is 0.334 e. The van der Waals surface area contributed by atoms with Gasteiger partial charge in [-0.3, -0.25) is 4.79 Å². The molecular weight excluding hydrogens is 460 g/mol. The third-order valence-electron chi connectivity index (χ3n) is 6.03. The van der Waals surface area contributed by atoms with E-state index in [9.17, 15) is 9.59 Å². The predicted molar refractivity (Wildman–Crippen MR) is 147 cm³/mol. The van der Waals surface area contributed by atoms with Gasteiger partial charge in [-0.1, -0.05) is 121 Å². The van der Waals surface area contributed by atoms with Gasteiger partial charge in [-0.25, -0.2) is 4.79 Å². The topological polar surface area (TPSA) is 52.6 Å². The van der Waals surface area contributed by atoms with Gasteiger partial charge in [0.25, 0.3) is 0 Å². The number of ether oxygens (including phenoxy) is 2. The Morgan fingerprint density at radius 2 is 0.892 bits per heavy atom. The molecule has 0 atom stereocenters. The van der Waals surface area contributed by atoms with Crippen molar-refractivity contribution in [3.63, 3.8) is 0 Å². The Kier molecular flexibility index (Phi) is 8.45. The zero-order chi connectivity index (χ0) is 26.0. The second-order valence-corrected chi connectivity index (χ2v) is 8.31. The largest absolute Gasteiger partial charge is 0.469 e. The molecule has 0 bridgehead atoms. The lowest BCUT2D eigenvalue weighted by molar-refractivity contribution is -0.143. The SMILES string of the molecule is COC(=O)CC(C(=O)OC)=C(C(=C(c1ccccc1)c1ccccc1)c1ccccc1)c1ccccc1. The van der Waals surface area contributed by atoms with Crippen LogP contribution in [0.5, 0.6) is 0 Å². The van der Waals surface area contributed by atoms with E-state index in [0.29, 0.717) is 5.57 Å². The summed E-state index contributed by atoms with van der Waals surface area (Å²) in [6, 6.07) is 39.6. The molecule has 4 aromatic carbocycles. The fraction of sp³-hybridized carbons (Fsp3) is 0.0909. The van der Waals surface area contributed by atoms with Crippen LogP contribution in [0.2, 0.25) is 0 Å². The quantitative estimate of drug-likeness (QED) is 0.118. The lowest BCUT2D eigenvalue weighted by Gasteiger charge is -2.23. The third kappa shape index (κ3) is 5.93. The molecule has 4 rings (SSSR count). The van der Waals surface area contributed by atoms with Crippen molar-refractivity contribution in [2.24, 2.45) is 0 Å². The first kappa shape index (κ1) is 25.4. The van der Waals surface area contributed by atoms with Crippen molar-refractivity contribution < 1.29 is 19.1 Å². The Bertz CT molecular complexity index is 1360. The van der Waals surface area contributed by atoms with Crippen LogP contribution in [0.3, 0.4) is 0 Å². The zero-order valence-electron chi connectivity index (χ0n) is 20.9. The normalized spacial score (nSPS) is 11.2. The highest BCUT2D eigenvalue weighted by Gasteiger charge is 2.27. The zero-order valence-corrected chi connectivity index (χ0v) is 20.9. The summed E-state index contributed by atoms with van der Waals surface area (Å²) in [5, 5.41) is 0. The molecule has 0 aliphatic heterocycles. The number of benzene rings is 4. The second kappa shape index (κ2) is 12.3. The maximum atomic E-state index is 13.3. The number of allylic oxidation sites excluding steroid dienone is 2. The van der Waals surface area contributed by atoms with Crippen molar-refractivity contribution in [2.45, 2.75) is 6.42 Å². The van der Waals surface area contributed by atoms with E-state index in [0.717, 1.165) is 33.4 Å². The van der Waals surface area contributed by atoms with E-state index >= 15 is 0 Å². The first-order valence-electron chi connectivity index (χ1n) is 12.0. The number of hydrogen-bond acceptors (Lipinski definition) is 4. The highest BCUT2D eigenvalue weighted by atomic mass is 16.5. The van der Waals surface area contributed by atoms with E-state index in [1.54, 1.807) is 0 Å². The molecular formula is C33H28O4. The molecule has 4 aromatic rings. The summed E-state index contributed by atoms with van der Waals surface area (Å²) >= 11 is 0. The fourth-order valence-electron chi connectivity index (χ4n) is 4.36. The summed E-state index contributed by atoms with van der Waals surface area (Å²) in [6.07, 6.45) is -0.236. The van der Waals surface area contributed by atoms with Crippen LogP contribution in [0, 0.1) is 0 Å². The summed E-state index contributed by atoms with van der Waals surface area (Å²) in [5.41, 5.74) is 6.22. The molecule has 0 aliphatic carbocycles. The molecule has 0 amide bonds. The Morgan fingerprint density at radius 3 is 1.27 bits per heavy atom. The third-order valence-corrected chi connectivity index (χ3v) is 6.03. The maximum Gasteiger partial charge on any atom is 0.334 e. The maximum absolute atomic E-state index is 13.3. The van der Waals surface area contributed by atoms with Crippen molar-refractivity contribution in [3.05, 3.63) is 149 Å². The van der Waals surface area contributed by atoms with E-state index in [4.69, 9.17) is 9.47 Å². The monoisotopic (exact) mass is 488 g/mol. The number of esters is 2. The highest BCUT2D eigenvalue weighted by molar-refractivity contribution is 6.23. The molecule has 184 valence electrons. The molecule has 4 nitrogen and oxygen atoms in total. The van der Waals surface area contributed by atoms with Gasteiger partial charge in [0.2, 0.25) is 0 Å². The number of carbonyl (C=O) groups is 2. The molecule has 4 heteroatoms. The summed E-state index contributed by atoms with van der Waals surface area (Å²) in [6.45, 7) is 0. The molecule has 0 radical (unpaired) electrons. The van der Waals surface area contributed by atoms with Crippen LogP contribution in [0.4, 0.5) is 0 Å². The number of hydrogen-bond donors (Lipinski definition) is 0. The van der Waals surface area contributed by atoms with Crippen LogP contribution in [-0.2, 0) is 19.1 Å². The molecule has 0 N–H and O–H groups in total. The van der Waals surface area contributed by atoms with Gasteiger partial charge in [-0.05, 0) is 33.4 Å². The number of carbonyl (C=O) groups excluding carboxylic acids is 2. The minimum atomic E-state index is -0.585. The van der Waals surface area contributed by atoms with Crippen molar-refractivity contribution in [2.75, 3.05) is 14.2 Å². The molecule has 0 spiro atoms. The van der Waals surface area contributed by atoms with Crippen molar-refractivity contribution in [1.82, 2.24) is 0 Å². The Labute approximate surface area is 217 Å². The summed E-state index contributed by atoms with van der Waals surface area (Å²) < 4.78 is 10.2. The van der Waals surface area contributed by atoms with Crippen LogP contribution < -0.4 is 0 Å². The lowest BCUT2D eigenvalue weighted by Crippen LogP contribution is -2.14. The van der Waals surface area contributed by atoms with Gasteiger partial charge in [0.15, 0.2) is 0 Å². The van der Waals surface area contributed by atoms with Crippen LogP contribution in [0.15, 0.2) is 127 Å². The van der Waals surface area contributed by atoms with E-state index in [-0.39, 0.29) is 12.0 Å². The van der Waals surface area contributed by atoms with Gasteiger partial charge in [-0.15, -0.1) is 0 Å². The second-order valence-electron chi connectivity index (χ2n) is 8.31. The molecule has 0 heterocycles. The number of methoxy groups -OCH3 is 2. The summed E-state index contributed by atoms with van der Waals surface area (Å²) in [7, 11) is 2.64. The van der Waals surface area contributed by atoms with Crippen LogP contribution in [-0.4, -0.2) is 26.2 Å². The highest BCUT2D eigenvalue weighted by Crippen LogP contribution is 2.43. The van der Waals surface area contributed by atoms with Crippen LogP contribution >= 0.6 is 0 Å². The predicted octanol–water partition coefficient (Wildman–Crippen LogP) is 6.84. The minimum Gasteiger partial charge on any atom is -0.469 e. The fourth-order valence-corrected chi connectivity index (χ4v) is 4.36. The van der Waals surface area contributed by atoms with Crippen molar-refractivity contribution in [3.8, 4) is 0 Å². The van der Waals surface area contributed by atoms with Gasteiger partial charge in [0.05, 0.1) is 26.2 Å². The van der Waals surface area contributed by atoms with Gasteiger partial charge in [-0.2, -0.15) is 0 Å². The van der Waals surface area contributed by atoms with Crippen LogP contribution in [0.1, 0.15) is 28.7 Å². The number of rotatable bonds is 8. The molecule has 0 aromatic heterocycles. The lowest BCUT2D eigenvalue weighted by atomic mass is 9.80. The molecule has 0 fully saturated rings. The minimum absolute atomic E-state index is 0.226. The van der Waals surface area contributed by atoms with Gasteiger partial charge in [0, 0.05) is 5.57 Å². The van der Waals surface area contributed by atoms with E-state index in [1.807, 2.05) is 121 Å². The Hall–Kier alpha value is -4.70. The molecule has 0 unspecified atom stereocenters. The van der Waals surface area contributed by atoms with E-state index in [1.165, 1.54) is 14.2 Å². The Morgan fingerprint density at radius 1 is 0.514 bits per heavy atom. The average molecular weight is 489 g/mol. The van der Waals surface area contributed by atoms with Crippen LogP contribution in [0.25, 0.3) is 16.7 Å². The van der Waals surface area contributed by atoms with E-state index < -0.39 is 11.9 Å². The van der Waals surface area contributed by atoms with Gasteiger partial charge < -0.3 is 9.47 Å². The standard InChI is InChI=1S/C33H28O4/c1-36-29(34)23-28(33(35)37-2)31(26-19-11-5-12-20-26)32(27-21-13-6-14-22-27)30(24-15-7-3-8-16-24)25-17-9-4-10-18-25/h3-22H,23H2,1-2H3. The molecule has 0 saturated carbocycles. The molecule has 0 saturated heterocycles. The van der Waals surface area contributed by atoms with Crippen molar-refractivity contribution in [1.29, 1.82) is 0 Å². The first-order valence-corrected chi connectivity index (χ1v) is 12.0. The Balaban J connectivity index is 2.24. The first-order chi connectivity index (χ1) is 18.1. The van der Waals surface area contributed by atoms with E-state index in [2.05, 4.69) is 0 Å². The van der Waals surface area contributed by atoms with Gasteiger partial charge >= 0.3 is 11.9 Å². The average Bonchev–Trinajstić information content (AvgIpc) is 2.97. The summed E-state index contributed by atoms with van der Waals surface area (Å²) in [4.78, 5) is 25.9. The molecule has 0 aliphatic rings.